The molecule has 0 radical (unpaired) electrons. The molecule has 0 aliphatic rings. The van der Waals surface area contributed by atoms with Gasteiger partial charge in [-0.3, -0.25) is 18.6 Å². The Morgan fingerprint density at radius 3 is 1.12 bits per heavy atom. The average Bonchev–Trinajstić information content (AvgIpc) is 3.38. The quantitative estimate of drug-likeness (QED) is 0.0264. The third-order valence-corrected chi connectivity index (χ3v) is 12.2. The maximum atomic E-state index is 12.6. The first-order valence-corrected chi connectivity index (χ1v) is 29.8. The van der Waals surface area contributed by atoms with Gasteiger partial charge in [-0.05, 0) is 103 Å². The first-order chi connectivity index (χ1) is 35.8. The van der Waals surface area contributed by atoms with Gasteiger partial charge in [-0.2, -0.15) is 0 Å². The molecule has 3 N–H and O–H groups in total. The monoisotopic (exact) mass is 1030 g/mol. The van der Waals surface area contributed by atoms with Crippen LogP contribution in [0, 0.1) is 0 Å². The lowest BCUT2D eigenvalue weighted by Gasteiger charge is -2.19. The molecule has 0 rings (SSSR count). The lowest BCUT2D eigenvalue weighted by molar-refractivity contribution is -0.161. The van der Waals surface area contributed by atoms with Crippen molar-refractivity contribution in [1.82, 2.24) is 0 Å². The smallest absolute Gasteiger partial charge is 0.462 e. The molecule has 0 aromatic rings. The number of esters is 2. The van der Waals surface area contributed by atoms with Crippen LogP contribution < -0.4 is 5.73 Å². The number of rotatable bonds is 51. The summed E-state index contributed by atoms with van der Waals surface area (Å²) >= 11 is 0. The minimum absolute atomic E-state index is 0.0397. The summed E-state index contributed by atoms with van der Waals surface area (Å²) < 4.78 is 32.9. The summed E-state index contributed by atoms with van der Waals surface area (Å²) in [6.07, 6.45) is 82.0. The predicted molar refractivity (Wildman–Crippen MR) is 311 cm³/mol. The lowest BCUT2D eigenvalue weighted by atomic mass is 10.0. The third-order valence-electron chi connectivity index (χ3n) is 11.2. The molecule has 0 saturated carbocycles. The Labute approximate surface area is 446 Å². The second-order valence-electron chi connectivity index (χ2n) is 18.1. The fourth-order valence-electron chi connectivity index (χ4n) is 7.09. The van der Waals surface area contributed by atoms with Crippen LogP contribution in [-0.4, -0.2) is 49.3 Å². The van der Waals surface area contributed by atoms with Gasteiger partial charge in [0, 0.05) is 19.4 Å². The number of carbonyl (C=O) groups excluding carboxylic acids is 2. The van der Waals surface area contributed by atoms with E-state index in [4.69, 9.17) is 24.3 Å². The average molecular weight is 1030 g/mol. The predicted octanol–water partition coefficient (Wildman–Crippen LogP) is 18.0. The molecule has 0 amide bonds. The molecule has 0 saturated heterocycles. The number of phosphoric ester groups is 1. The molecular formula is C63H102NO8P. The summed E-state index contributed by atoms with van der Waals surface area (Å²) in [4.78, 5) is 35.0. The molecule has 412 valence electrons. The second kappa shape index (κ2) is 57.2. The highest BCUT2D eigenvalue weighted by molar-refractivity contribution is 7.47. The largest absolute Gasteiger partial charge is 0.472 e. The van der Waals surface area contributed by atoms with E-state index in [0.29, 0.717) is 6.42 Å². The summed E-state index contributed by atoms with van der Waals surface area (Å²) in [6, 6.07) is 0. The summed E-state index contributed by atoms with van der Waals surface area (Å²) in [7, 11) is -4.40. The summed E-state index contributed by atoms with van der Waals surface area (Å²) in [5.41, 5.74) is 5.36. The number of unbranched alkanes of at least 4 members (excludes halogenated alkanes) is 14. The number of hydrogen-bond acceptors (Lipinski definition) is 8. The number of ether oxygens (including phenoxy) is 2. The maximum absolute atomic E-state index is 12.6. The Hall–Kier alpha value is -4.11. The van der Waals surface area contributed by atoms with Crippen LogP contribution in [0.1, 0.15) is 206 Å². The van der Waals surface area contributed by atoms with Crippen molar-refractivity contribution < 1.29 is 37.6 Å². The van der Waals surface area contributed by atoms with Crippen LogP contribution in [0.3, 0.4) is 0 Å². The SMILES string of the molecule is CC/C=C\C/C=C\C/C=C\C/C=C\C/C=C\C/C=C\C/C=C\C/C=C\C/C=C\C/C=C\C/C=C\C/C=C\CCCCC(=O)OC(COC(=O)CCCCCCCCCCCCCCC)COP(=O)(O)OCCN. The van der Waals surface area contributed by atoms with E-state index >= 15 is 0 Å². The molecule has 73 heavy (non-hydrogen) atoms. The van der Waals surface area contributed by atoms with Crippen LogP contribution in [-0.2, 0) is 32.7 Å². The first kappa shape index (κ1) is 68.9. The maximum Gasteiger partial charge on any atom is 0.472 e. The van der Waals surface area contributed by atoms with Crippen molar-refractivity contribution >= 4 is 19.8 Å². The van der Waals surface area contributed by atoms with Crippen molar-refractivity contribution in [1.29, 1.82) is 0 Å². The molecule has 0 bridgehead atoms. The molecule has 9 nitrogen and oxygen atoms in total. The second-order valence-corrected chi connectivity index (χ2v) is 19.5. The summed E-state index contributed by atoms with van der Waals surface area (Å²) in [5.74, 6) is -0.888. The molecular weight excluding hydrogens is 930 g/mol. The van der Waals surface area contributed by atoms with Gasteiger partial charge >= 0.3 is 19.8 Å². The molecule has 2 atom stereocenters. The Bertz CT molecular complexity index is 1700. The van der Waals surface area contributed by atoms with Gasteiger partial charge in [-0.1, -0.05) is 237 Å². The lowest BCUT2D eigenvalue weighted by Crippen LogP contribution is -2.29. The zero-order valence-corrected chi connectivity index (χ0v) is 46.7. The van der Waals surface area contributed by atoms with Crippen molar-refractivity contribution in [3.63, 3.8) is 0 Å². The number of hydrogen-bond donors (Lipinski definition) is 2. The van der Waals surface area contributed by atoms with Crippen molar-refractivity contribution in [2.24, 2.45) is 5.73 Å². The van der Waals surface area contributed by atoms with E-state index in [9.17, 15) is 19.0 Å². The van der Waals surface area contributed by atoms with Crippen LogP contribution in [0.2, 0.25) is 0 Å². The van der Waals surface area contributed by atoms with Gasteiger partial charge in [-0.15, -0.1) is 0 Å². The van der Waals surface area contributed by atoms with Crippen LogP contribution in [0.5, 0.6) is 0 Å². The normalized spacial score (nSPS) is 14.2. The first-order valence-electron chi connectivity index (χ1n) is 28.3. The Morgan fingerprint density at radius 1 is 0.425 bits per heavy atom. The van der Waals surface area contributed by atoms with E-state index in [2.05, 4.69) is 160 Å². The van der Waals surface area contributed by atoms with E-state index in [0.717, 1.165) is 109 Å². The Morgan fingerprint density at radius 2 is 0.753 bits per heavy atom. The van der Waals surface area contributed by atoms with Gasteiger partial charge in [0.1, 0.15) is 6.61 Å². The fourth-order valence-corrected chi connectivity index (χ4v) is 7.85. The van der Waals surface area contributed by atoms with Crippen LogP contribution in [0.4, 0.5) is 0 Å². The molecule has 0 heterocycles. The molecule has 0 aliphatic carbocycles. The molecule has 0 aliphatic heterocycles. The minimum atomic E-state index is -4.40. The van der Waals surface area contributed by atoms with Gasteiger partial charge < -0.3 is 20.1 Å². The van der Waals surface area contributed by atoms with Crippen molar-refractivity contribution in [3.8, 4) is 0 Å². The van der Waals surface area contributed by atoms with Gasteiger partial charge in [0.05, 0.1) is 13.2 Å². The number of allylic oxidation sites excluding steroid dienone is 24. The van der Waals surface area contributed by atoms with E-state index in [1.54, 1.807) is 0 Å². The van der Waals surface area contributed by atoms with E-state index in [1.165, 1.54) is 64.2 Å². The highest BCUT2D eigenvalue weighted by Crippen LogP contribution is 2.43. The summed E-state index contributed by atoms with van der Waals surface area (Å²) in [6.45, 7) is 3.55. The minimum Gasteiger partial charge on any atom is -0.462 e. The van der Waals surface area contributed by atoms with Crippen LogP contribution in [0.15, 0.2) is 146 Å². The zero-order valence-electron chi connectivity index (χ0n) is 45.8. The third kappa shape index (κ3) is 57.0. The molecule has 0 aromatic heterocycles. The number of nitrogens with two attached hydrogens (primary N) is 1. The molecule has 10 heteroatoms. The molecule has 0 fully saturated rings. The summed E-state index contributed by atoms with van der Waals surface area (Å²) in [5, 5.41) is 0. The van der Waals surface area contributed by atoms with E-state index < -0.39 is 32.5 Å². The molecule has 0 spiro atoms. The Balaban J connectivity index is 4.10. The number of carbonyl (C=O) groups is 2. The highest BCUT2D eigenvalue weighted by Gasteiger charge is 2.26. The van der Waals surface area contributed by atoms with Crippen LogP contribution >= 0.6 is 7.82 Å². The topological polar surface area (TPSA) is 134 Å². The van der Waals surface area contributed by atoms with E-state index in [1.807, 2.05) is 0 Å². The Kier molecular flexibility index (Phi) is 54.0. The number of phosphoric acid groups is 1. The molecule has 2 unspecified atom stereocenters. The van der Waals surface area contributed by atoms with Crippen molar-refractivity contribution in [2.75, 3.05) is 26.4 Å². The van der Waals surface area contributed by atoms with Gasteiger partial charge in [0.2, 0.25) is 0 Å². The van der Waals surface area contributed by atoms with Gasteiger partial charge in [-0.25, -0.2) is 4.57 Å². The fraction of sp³-hybridized carbons (Fsp3) is 0.587. The molecule has 0 aromatic carbocycles. The standard InChI is InChI=1S/C63H102NO8P/c1-3-5-7-9-11-13-15-17-18-19-20-21-22-23-24-25-26-27-28-29-30-31-32-33-34-35-36-37-38-39-40-41-42-44-46-48-50-52-54-56-63(66)72-61(60-71-73(67,68)70-58-57-64)59-69-62(65)55-53-51-49-47-45-43-16-14-12-10-8-6-4-2/h5,7,11,13,17-18,20-21,23-24,26-27,29-30,32-33,35-36,38-39,41-42,46,48,61H,3-4,6,8-10,12,14-16,19,22,25,28,31,34,37,40,43-45,47,49-60,64H2,1-2H3,(H,67,68)/b7-5-,13-11-,18-17-,21-20-,24-23-,27-26-,30-29-,33-32-,36-35-,39-38-,42-41-,48-46-. The van der Waals surface area contributed by atoms with Crippen molar-refractivity contribution in [3.05, 3.63) is 146 Å². The van der Waals surface area contributed by atoms with E-state index in [-0.39, 0.29) is 32.6 Å². The van der Waals surface area contributed by atoms with Crippen molar-refractivity contribution in [2.45, 2.75) is 213 Å². The van der Waals surface area contributed by atoms with Gasteiger partial charge in [0.25, 0.3) is 0 Å². The van der Waals surface area contributed by atoms with Crippen LogP contribution in [0.25, 0.3) is 0 Å². The highest BCUT2D eigenvalue weighted by atomic mass is 31.2. The van der Waals surface area contributed by atoms with Gasteiger partial charge in [0.15, 0.2) is 6.10 Å². The zero-order chi connectivity index (χ0) is 53.1.